The molecular weight excluding hydrogens is 224 g/mol. The fourth-order valence-corrected chi connectivity index (χ4v) is 3.05. The third kappa shape index (κ3) is 3.56. The third-order valence-electron chi connectivity index (χ3n) is 4.24. The first-order valence-corrected chi connectivity index (χ1v) is 7.14. The monoisotopic (exact) mass is 248 g/mol. The molecule has 0 aliphatic heterocycles. The van der Waals surface area contributed by atoms with Crippen LogP contribution in [0.2, 0.25) is 0 Å². The maximum Gasteiger partial charge on any atom is 0.0471 e. The lowest BCUT2D eigenvalue weighted by Crippen LogP contribution is -2.14. The van der Waals surface area contributed by atoms with E-state index in [9.17, 15) is 0 Å². The van der Waals surface area contributed by atoms with E-state index < -0.39 is 0 Å². The number of aliphatic hydroxyl groups excluding tert-OH is 2. The summed E-state index contributed by atoms with van der Waals surface area (Å²) in [6.45, 7) is 0.566. The predicted molar refractivity (Wildman–Crippen MR) is 73.6 cm³/mol. The van der Waals surface area contributed by atoms with E-state index in [1.54, 1.807) is 0 Å². The molecule has 0 bridgehead atoms. The van der Waals surface area contributed by atoms with E-state index in [1.807, 2.05) is 0 Å². The van der Waals surface area contributed by atoms with E-state index in [1.165, 1.54) is 36.8 Å². The molecule has 0 saturated heterocycles. The van der Waals surface area contributed by atoms with Gasteiger partial charge in [0.15, 0.2) is 0 Å². The summed E-state index contributed by atoms with van der Waals surface area (Å²) in [6, 6.07) is 8.74. The predicted octanol–water partition coefficient (Wildman–Crippen LogP) is 2.88. The van der Waals surface area contributed by atoms with Crippen molar-refractivity contribution < 1.29 is 10.2 Å². The van der Waals surface area contributed by atoms with Crippen LogP contribution in [0.25, 0.3) is 0 Å². The van der Waals surface area contributed by atoms with E-state index >= 15 is 0 Å². The quantitative estimate of drug-likeness (QED) is 0.841. The molecule has 1 saturated carbocycles. The highest BCUT2D eigenvalue weighted by Gasteiger charge is 2.21. The zero-order chi connectivity index (χ0) is 12.8. The number of hydrogen-bond acceptors (Lipinski definition) is 2. The second-order valence-corrected chi connectivity index (χ2v) is 5.45. The molecule has 18 heavy (non-hydrogen) atoms. The number of rotatable bonds is 5. The van der Waals surface area contributed by atoms with Crippen LogP contribution in [0.5, 0.6) is 0 Å². The smallest absolute Gasteiger partial charge is 0.0471 e. The minimum Gasteiger partial charge on any atom is -0.396 e. The third-order valence-corrected chi connectivity index (χ3v) is 4.24. The highest BCUT2D eigenvalue weighted by Crippen LogP contribution is 2.36. The van der Waals surface area contributed by atoms with Crippen molar-refractivity contribution in [2.75, 3.05) is 13.2 Å². The summed E-state index contributed by atoms with van der Waals surface area (Å²) in [5.74, 6) is 1.43. The summed E-state index contributed by atoms with van der Waals surface area (Å²) in [5.41, 5.74) is 2.66. The maximum atomic E-state index is 8.96. The van der Waals surface area contributed by atoms with Crippen LogP contribution < -0.4 is 0 Å². The van der Waals surface area contributed by atoms with Crippen LogP contribution in [0, 0.1) is 5.92 Å². The van der Waals surface area contributed by atoms with Crippen molar-refractivity contribution in [3.8, 4) is 0 Å². The molecule has 0 heterocycles. The van der Waals surface area contributed by atoms with Gasteiger partial charge >= 0.3 is 0 Å². The Bertz CT molecular complexity index is 337. The average molecular weight is 248 g/mol. The van der Waals surface area contributed by atoms with E-state index in [-0.39, 0.29) is 6.61 Å². The highest BCUT2D eigenvalue weighted by atomic mass is 16.3. The summed E-state index contributed by atoms with van der Waals surface area (Å²) < 4.78 is 0. The zero-order valence-corrected chi connectivity index (χ0v) is 11.0. The Morgan fingerprint density at radius 1 is 0.889 bits per heavy atom. The first kappa shape index (κ1) is 13.6. The van der Waals surface area contributed by atoms with Gasteiger partial charge in [-0.3, -0.25) is 0 Å². The van der Waals surface area contributed by atoms with Crippen molar-refractivity contribution in [2.45, 2.75) is 44.4 Å². The van der Waals surface area contributed by atoms with Crippen LogP contribution in [0.1, 0.15) is 49.1 Å². The molecule has 0 atom stereocenters. The van der Waals surface area contributed by atoms with Crippen LogP contribution >= 0.6 is 0 Å². The fourth-order valence-electron chi connectivity index (χ4n) is 3.05. The molecule has 2 rings (SSSR count). The molecule has 0 amide bonds. The summed E-state index contributed by atoms with van der Waals surface area (Å²) in [5, 5.41) is 17.9. The molecule has 1 fully saturated rings. The van der Waals surface area contributed by atoms with Gasteiger partial charge in [0.25, 0.3) is 0 Å². The van der Waals surface area contributed by atoms with Gasteiger partial charge in [-0.15, -0.1) is 0 Å². The molecule has 0 spiro atoms. The van der Waals surface area contributed by atoms with Gasteiger partial charge in [-0.25, -0.2) is 0 Å². The fraction of sp³-hybridized carbons (Fsp3) is 0.625. The summed E-state index contributed by atoms with van der Waals surface area (Å²) >= 11 is 0. The number of hydrogen-bond donors (Lipinski definition) is 2. The lowest BCUT2D eigenvalue weighted by Gasteiger charge is -2.28. The SMILES string of the molecule is OCCc1ccc(C2CCC(CCO)CC2)cc1. The normalized spacial score (nSPS) is 24.1. The Hall–Kier alpha value is -0.860. The molecule has 0 unspecified atom stereocenters. The first-order valence-electron chi connectivity index (χ1n) is 7.14. The molecule has 2 heteroatoms. The van der Waals surface area contributed by atoms with Crippen LogP contribution in [0.4, 0.5) is 0 Å². The lowest BCUT2D eigenvalue weighted by atomic mass is 9.77. The van der Waals surface area contributed by atoms with Crippen molar-refractivity contribution in [3.05, 3.63) is 35.4 Å². The first-order chi connectivity index (χ1) is 8.83. The van der Waals surface area contributed by atoms with Gasteiger partial charge in [-0.2, -0.15) is 0 Å². The Labute approximate surface area is 110 Å². The van der Waals surface area contributed by atoms with Gasteiger partial charge in [0.05, 0.1) is 0 Å². The van der Waals surface area contributed by atoms with Crippen molar-refractivity contribution in [2.24, 2.45) is 5.92 Å². The van der Waals surface area contributed by atoms with Crippen LogP contribution in [0.15, 0.2) is 24.3 Å². The van der Waals surface area contributed by atoms with Crippen LogP contribution in [-0.2, 0) is 6.42 Å². The van der Waals surface area contributed by atoms with Gasteiger partial charge in [0.2, 0.25) is 0 Å². The molecule has 2 nitrogen and oxygen atoms in total. The van der Waals surface area contributed by atoms with Crippen molar-refractivity contribution in [3.63, 3.8) is 0 Å². The molecule has 0 radical (unpaired) electrons. The van der Waals surface area contributed by atoms with Gasteiger partial charge < -0.3 is 10.2 Å². The molecule has 0 aromatic heterocycles. The largest absolute Gasteiger partial charge is 0.396 e. The zero-order valence-electron chi connectivity index (χ0n) is 11.0. The standard InChI is InChI=1S/C16H24O2/c17-11-9-13-1-5-15(6-2-13)16-7-3-14(4-8-16)10-12-18/h1-2,5-6,14,16-18H,3-4,7-12H2. The molecule has 100 valence electrons. The molecule has 2 N–H and O–H groups in total. The molecule has 1 aliphatic rings. The van der Waals surface area contributed by atoms with Crippen molar-refractivity contribution in [1.29, 1.82) is 0 Å². The number of benzene rings is 1. The van der Waals surface area contributed by atoms with Crippen LogP contribution in [0.3, 0.4) is 0 Å². The lowest BCUT2D eigenvalue weighted by molar-refractivity contribution is 0.222. The van der Waals surface area contributed by atoms with Crippen LogP contribution in [-0.4, -0.2) is 23.4 Å². The highest BCUT2D eigenvalue weighted by molar-refractivity contribution is 5.25. The minimum absolute atomic E-state index is 0.228. The molecule has 1 aromatic rings. The molecule has 1 aliphatic carbocycles. The van der Waals surface area contributed by atoms with Crippen molar-refractivity contribution >= 4 is 0 Å². The Morgan fingerprint density at radius 2 is 1.56 bits per heavy atom. The Balaban J connectivity index is 1.89. The average Bonchev–Trinajstić information content (AvgIpc) is 2.41. The topological polar surface area (TPSA) is 40.5 Å². The van der Waals surface area contributed by atoms with E-state index in [2.05, 4.69) is 24.3 Å². The van der Waals surface area contributed by atoms with Gasteiger partial charge in [0.1, 0.15) is 0 Å². The van der Waals surface area contributed by atoms with E-state index in [4.69, 9.17) is 10.2 Å². The summed E-state index contributed by atoms with van der Waals surface area (Å²) in [7, 11) is 0. The second kappa shape index (κ2) is 6.91. The minimum atomic E-state index is 0.228. The summed E-state index contributed by atoms with van der Waals surface area (Å²) in [6.07, 6.45) is 6.74. The van der Waals surface area contributed by atoms with Gasteiger partial charge in [0, 0.05) is 13.2 Å². The van der Waals surface area contributed by atoms with E-state index in [0.717, 1.165) is 18.8 Å². The van der Waals surface area contributed by atoms with Gasteiger partial charge in [-0.1, -0.05) is 24.3 Å². The number of aliphatic hydroxyl groups is 2. The molecule has 1 aromatic carbocycles. The Morgan fingerprint density at radius 3 is 2.11 bits per heavy atom. The Kier molecular flexibility index (Phi) is 5.21. The summed E-state index contributed by atoms with van der Waals surface area (Å²) in [4.78, 5) is 0. The maximum absolute atomic E-state index is 8.96. The second-order valence-electron chi connectivity index (χ2n) is 5.45. The van der Waals surface area contributed by atoms with Gasteiger partial charge in [-0.05, 0) is 61.5 Å². The van der Waals surface area contributed by atoms with Crippen molar-refractivity contribution in [1.82, 2.24) is 0 Å². The molecular formula is C16H24O2. The van der Waals surface area contributed by atoms with E-state index in [0.29, 0.717) is 12.5 Å².